The first-order chi connectivity index (χ1) is 5.95. The number of carbonyl (C=O) groups is 1. The maximum Gasteiger partial charge on any atom is 0.431 e. The van der Waals surface area contributed by atoms with E-state index >= 15 is 0 Å². The number of aromatic nitrogens is 1. The first kappa shape index (κ1) is 9.50. The van der Waals surface area contributed by atoms with Gasteiger partial charge < -0.3 is 4.98 Å². The Morgan fingerprint density at radius 2 is 1.92 bits per heavy atom. The smallest absolute Gasteiger partial charge is 0.318 e. The van der Waals surface area contributed by atoms with E-state index < -0.39 is 17.4 Å². The quantitative estimate of drug-likeness (QED) is 0.678. The van der Waals surface area contributed by atoms with Gasteiger partial charge in [0.25, 0.3) is 5.56 Å². The fourth-order valence-corrected chi connectivity index (χ4v) is 0.743. The molecule has 0 amide bonds. The van der Waals surface area contributed by atoms with Gasteiger partial charge in [0.2, 0.25) is 0 Å². The number of aromatic amines is 1. The number of halogens is 3. The zero-order valence-electron chi connectivity index (χ0n) is 6.18. The van der Waals surface area contributed by atoms with E-state index in [0.717, 1.165) is 6.07 Å². The molecule has 0 unspecified atom stereocenters. The van der Waals surface area contributed by atoms with Crippen LogP contribution in [0.3, 0.4) is 0 Å². The fourth-order valence-electron chi connectivity index (χ4n) is 0.743. The molecule has 1 rings (SSSR count). The average Bonchev–Trinajstić information content (AvgIpc) is 2.02. The van der Waals surface area contributed by atoms with E-state index in [1.54, 1.807) is 4.98 Å². The number of carbonyl (C=O) groups excluding carboxylic acids is 1. The van der Waals surface area contributed by atoms with Crippen LogP contribution in [-0.2, 0) is 6.18 Å². The number of hydrogen-bond acceptors (Lipinski definition) is 2. The Bertz CT molecular complexity index is 380. The molecule has 0 radical (unpaired) electrons. The molecule has 0 bridgehead atoms. The van der Waals surface area contributed by atoms with E-state index in [0.29, 0.717) is 6.07 Å². The zero-order valence-corrected chi connectivity index (χ0v) is 6.18. The highest BCUT2D eigenvalue weighted by Crippen LogP contribution is 2.26. The SMILES string of the molecule is O=Cc1ccc(C(F)(F)F)[nH]c1=O. The van der Waals surface area contributed by atoms with Crippen LogP contribution in [-0.4, -0.2) is 11.3 Å². The van der Waals surface area contributed by atoms with Crippen LogP contribution < -0.4 is 5.56 Å². The molecule has 3 nitrogen and oxygen atoms in total. The van der Waals surface area contributed by atoms with E-state index in [1.165, 1.54) is 0 Å². The summed E-state index contributed by atoms with van der Waals surface area (Å²) < 4.78 is 35.8. The molecule has 0 saturated heterocycles. The summed E-state index contributed by atoms with van der Waals surface area (Å²) in [6, 6.07) is 1.47. The molecule has 0 aliphatic rings. The van der Waals surface area contributed by atoms with Gasteiger partial charge in [0, 0.05) is 0 Å². The highest BCUT2D eigenvalue weighted by Gasteiger charge is 2.31. The van der Waals surface area contributed by atoms with Crippen LogP contribution in [0.25, 0.3) is 0 Å². The average molecular weight is 191 g/mol. The number of alkyl halides is 3. The highest BCUT2D eigenvalue weighted by atomic mass is 19.4. The van der Waals surface area contributed by atoms with Crippen LogP contribution in [0.5, 0.6) is 0 Å². The van der Waals surface area contributed by atoms with Crippen molar-refractivity contribution < 1.29 is 18.0 Å². The van der Waals surface area contributed by atoms with Crippen molar-refractivity contribution in [3.8, 4) is 0 Å². The van der Waals surface area contributed by atoms with Crippen LogP contribution in [0.15, 0.2) is 16.9 Å². The van der Waals surface area contributed by atoms with Crippen LogP contribution in [0.2, 0.25) is 0 Å². The lowest BCUT2D eigenvalue weighted by atomic mass is 10.2. The number of rotatable bonds is 1. The minimum Gasteiger partial charge on any atom is -0.318 e. The Hall–Kier alpha value is -1.59. The van der Waals surface area contributed by atoms with Crippen molar-refractivity contribution in [2.24, 2.45) is 0 Å². The first-order valence-electron chi connectivity index (χ1n) is 3.21. The predicted molar refractivity (Wildman–Crippen MR) is 37.5 cm³/mol. The van der Waals surface area contributed by atoms with Crippen LogP contribution in [0, 0.1) is 0 Å². The molecule has 1 aromatic rings. The summed E-state index contributed by atoms with van der Waals surface area (Å²) in [7, 11) is 0. The van der Waals surface area contributed by atoms with Crippen molar-refractivity contribution >= 4 is 6.29 Å². The van der Waals surface area contributed by atoms with Gasteiger partial charge in [-0.2, -0.15) is 13.2 Å². The van der Waals surface area contributed by atoms with Gasteiger partial charge in [-0.05, 0) is 12.1 Å². The van der Waals surface area contributed by atoms with E-state index in [9.17, 15) is 22.8 Å². The maximum absolute atomic E-state index is 11.9. The minimum atomic E-state index is -4.60. The molecule has 0 spiro atoms. The lowest BCUT2D eigenvalue weighted by molar-refractivity contribution is -0.141. The van der Waals surface area contributed by atoms with Crippen molar-refractivity contribution in [3.63, 3.8) is 0 Å². The first-order valence-corrected chi connectivity index (χ1v) is 3.21. The summed E-state index contributed by atoms with van der Waals surface area (Å²) in [6.45, 7) is 0. The van der Waals surface area contributed by atoms with Crippen molar-refractivity contribution in [1.82, 2.24) is 4.98 Å². The second-order valence-corrected chi connectivity index (χ2v) is 2.27. The molecule has 0 atom stereocenters. The van der Waals surface area contributed by atoms with E-state index in [2.05, 4.69) is 0 Å². The summed E-state index contributed by atoms with van der Waals surface area (Å²) in [5.41, 5.74) is -2.53. The number of H-pyrrole nitrogens is 1. The maximum atomic E-state index is 11.9. The molecule has 6 heteroatoms. The Labute approximate surface area is 70.2 Å². The molecule has 1 heterocycles. The van der Waals surface area contributed by atoms with Crippen LogP contribution in [0.1, 0.15) is 16.1 Å². The Morgan fingerprint density at radius 3 is 2.31 bits per heavy atom. The number of aldehydes is 1. The predicted octanol–water partition coefficient (Wildman–Crippen LogP) is 1.21. The Morgan fingerprint density at radius 1 is 1.31 bits per heavy atom. The fraction of sp³-hybridized carbons (Fsp3) is 0.143. The lowest BCUT2D eigenvalue weighted by Gasteiger charge is -2.04. The van der Waals surface area contributed by atoms with Gasteiger partial charge in [-0.1, -0.05) is 0 Å². The molecular formula is C7H4F3NO2. The summed E-state index contributed by atoms with van der Waals surface area (Å²) >= 11 is 0. The zero-order chi connectivity index (χ0) is 10.1. The normalized spacial score (nSPS) is 11.3. The van der Waals surface area contributed by atoms with Crippen molar-refractivity contribution in [1.29, 1.82) is 0 Å². The van der Waals surface area contributed by atoms with E-state index in [4.69, 9.17) is 0 Å². The molecule has 0 aromatic carbocycles. The Balaban J connectivity index is 3.26. The van der Waals surface area contributed by atoms with E-state index in [1.807, 2.05) is 0 Å². The summed E-state index contributed by atoms with van der Waals surface area (Å²) in [5.74, 6) is 0. The van der Waals surface area contributed by atoms with E-state index in [-0.39, 0.29) is 11.8 Å². The van der Waals surface area contributed by atoms with Crippen molar-refractivity contribution in [3.05, 3.63) is 33.7 Å². The molecule has 70 valence electrons. The van der Waals surface area contributed by atoms with Crippen molar-refractivity contribution in [2.75, 3.05) is 0 Å². The monoisotopic (exact) mass is 191 g/mol. The molecule has 1 N–H and O–H groups in total. The third kappa shape index (κ3) is 1.95. The highest BCUT2D eigenvalue weighted by molar-refractivity contribution is 5.73. The van der Waals surface area contributed by atoms with Gasteiger partial charge in [0.05, 0.1) is 5.56 Å². The minimum absolute atomic E-state index is 0.193. The lowest BCUT2D eigenvalue weighted by Crippen LogP contribution is -2.18. The second kappa shape index (κ2) is 3.04. The topological polar surface area (TPSA) is 49.9 Å². The molecular weight excluding hydrogens is 187 g/mol. The molecule has 13 heavy (non-hydrogen) atoms. The number of pyridine rings is 1. The van der Waals surface area contributed by atoms with Gasteiger partial charge in [0.1, 0.15) is 5.69 Å². The summed E-state index contributed by atoms with van der Waals surface area (Å²) in [6.07, 6.45) is -4.40. The summed E-state index contributed by atoms with van der Waals surface area (Å²) in [4.78, 5) is 22.4. The van der Waals surface area contributed by atoms with Gasteiger partial charge in [-0.15, -0.1) is 0 Å². The number of nitrogens with one attached hydrogen (secondary N) is 1. The number of hydrogen-bond donors (Lipinski definition) is 1. The molecule has 0 fully saturated rings. The Kier molecular flexibility index (Phi) is 2.22. The standard InChI is InChI=1S/C7H4F3NO2/c8-7(9,10)5-2-1-4(3-12)6(13)11-5/h1-3H,(H,11,13). The van der Waals surface area contributed by atoms with Gasteiger partial charge in [-0.25, -0.2) is 0 Å². The van der Waals surface area contributed by atoms with Gasteiger partial charge in [0.15, 0.2) is 6.29 Å². The second-order valence-electron chi connectivity index (χ2n) is 2.27. The molecule has 0 saturated carbocycles. The van der Waals surface area contributed by atoms with Gasteiger partial charge >= 0.3 is 6.18 Å². The third-order valence-corrected chi connectivity index (χ3v) is 1.37. The van der Waals surface area contributed by atoms with Crippen molar-refractivity contribution in [2.45, 2.75) is 6.18 Å². The summed E-state index contributed by atoms with van der Waals surface area (Å²) in [5, 5.41) is 0. The van der Waals surface area contributed by atoms with Gasteiger partial charge in [-0.3, -0.25) is 9.59 Å². The molecule has 1 aromatic heterocycles. The van der Waals surface area contributed by atoms with Crippen LogP contribution >= 0.6 is 0 Å². The third-order valence-electron chi connectivity index (χ3n) is 1.37. The largest absolute Gasteiger partial charge is 0.431 e. The van der Waals surface area contributed by atoms with Crippen LogP contribution in [0.4, 0.5) is 13.2 Å². The molecule has 0 aliphatic carbocycles. The molecule has 0 aliphatic heterocycles.